The summed E-state index contributed by atoms with van der Waals surface area (Å²) in [6.45, 7) is 4.19. The molecule has 6 heteroatoms. The van der Waals surface area contributed by atoms with Gasteiger partial charge in [0.05, 0.1) is 5.39 Å². The van der Waals surface area contributed by atoms with Gasteiger partial charge in [-0.3, -0.25) is 4.79 Å². The minimum absolute atomic E-state index is 0.0865. The van der Waals surface area contributed by atoms with Crippen molar-refractivity contribution in [3.05, 3.63) is 47.6 Å². The average molecular weight is 341 g/mol. The van der Waals surface area contributed by atoms with Gasteiger partial charge in [0.2, 0.25) is 5.88 Å². The van der Waals surface area contributed by atoms with Crippen molar-refractivity contribution >= 4 is 33.1 Å². The fourth-order valence-electron chi connectivity index (χ4n) is 2.46. The van der Waals surface area contributed by atoms with Crippen LogP contribution in [0, 0.1) is 0 Å². The van der Waals surface area contributed by atoms with Crippen molar-refractivity contribution in [3.8, 4) is 5.88 Å². The number of rotatable bonds is 6. The van der Waals surface area contributed by atoms with Crippen LogP contribution in [0.5, 0.6) is 5.88 Å². The van der Waals surface area contributed by atoms with Crippen molar-refractivity contribution in [2.24, 2.45) is 0 Å². The maximum Gasteiger partial charge on any atom is 0.262 e. The molecule has 0 fully saturated rings. The Labute approximate surface area is 144 Å². The van der Waals surface area contributed by atoms with Gasteiger partial charge < -0.3 is 10.1 Å². The molecule has 1 aromatic carbocycles. The smallest absolute Gasteiger partial charge is 0.262 e. The fraction of sp³-hybridized carbons (Fsp3) is 0.278. The zero-order valence-corrected chi connectivity index (χ0v) is 14.5. The van der Waals surface area contributed by atoms with E-state index < -0.39 is 0 Å². The van der Waals surface area contributed by atoms with E-state index in [1.807, 2.05) is 35.7 Å². The number of anilines is 1. The second-order valence-electron chi connectivity index (χ2n) is 5.55. The normalized spacial score (nSPS) is 12.1. The van der Waals surface area contributed by atoms with Crippen LogP contribution in [-0.2, 0) is 4.79 Å². The Bertz CT molecular complexity index is 847. The van der Waals surface area contributed by atoms with E-state index in [4.69, 9.17) is 4.74 Å². The molecule has 0 saturated heterocycles. The lowest BCUT2D eigenvalue weighted by molar-refractivity contribution is -0.118. The molecule has 124 valence electrons. The third kappa shape index (κ3) is 3.54. The van der Waals surface area contributed by atoms with Crippen LogP contribution in [0.25, 0.3) is 10.2 Å². The standard InChI is InChI=1S/C18H19N3O2S/c1-3-12(2)13-6-4-5-7-15(13)21-16(22)10-23-17-14-8-9-24-18(14)20-11-19-17/h4-9,11-12H,3,10H2,1-2H3,(H,21,22)/t12-/m1/s1. The molecule has 1 amide bonds. The first-order chi connectivity index (χ1) is 11.7. The maximum absolute atomic E-state index is 12.2. The molecule has 2 heterocycles. The number of thiophene rings is 1. The van der Waals surface area contributed by atoms with Crippen LogP contribution < -0.4 is 10.1 Å². The summed E-state index contributed by atoms with van der Waals surface area (Å²) >= 11 is 1.51. The zero-order valence-electron chi connectivity index (χ0n) is 13.7. The van der Waals surface area contributed by atoms with Crippen molar-refractivity contribution in [1.29, 1.82) is 0 Å². The van der Waals surface area contributed by atoms with Crippen LogP contribution >= 0.6 is 11.3 Å². The van der Waals surface area contributed by atoms with Gasteiger partial charge in [-0.25, -0.2) is 9.97 Å². The molecule has 0 bridgehead atoms. The van der Waals surface area contributed by atoms with Crippen molar-refractivity contribution in [2.45, 2.75) is 26.2 Å². The van der Waals surface area contributed by atoms with Crippen molar-refractivity contribution in [2.75, 3.05) is 11.9 Å². The molecule has 0 saturated carbocycles. The van der Waals surface area contributed by atoms with Gasteiger partial charge in [0, 0.05) is 5.69 Å². The number of hydrogen-bond donors (Lipinski definition) is 1. The van der Waals surface area contributed by atoms with Crippen LogP contribution in [0.1, 0.15) is 31.7 Å². The van der Waals surface area contributed by atoms with Gasteiger partial charge in [0.1, 0.15) is 11.2 Å². The summed E-state index contributed by atoms with van der Waals surface area (Å²) < 4.78 is 5.58. The van der Waals surface area contributed by atoms with Gasteiger partial charge >= 0.3 is 0 Å². The van der Waals surface area contributed by atoms with E-state index in [1.54, 1.807) is 0 Å². The van der Waals surface area contributed by atoms with Crippen LogP contribution in [0.2, 0.25) is 0 Å². The minimum Gasteiger partial charge on any atom is -0.467 e. The second-order valence-corrected chi connectivity index (χ2v) is 6.45. The summed E-state index contributed by atoms with van der Waals surface area (Å²) in [5.41, 5.74) is 1.97. The Balaban J connectivity index is 1.67. The summed E-state index contributed by atoms with van der Waals surface area (Å²) in [5, 5.41) is 5.69. The molecule has 5 nitrogen and oxygen atoms in total. The monoisotopic (exact) mass is 341 g/mol. The van der Waals surface area contributed by atoms with E-state index in [0.717, 1.165) is 27.9 Å². The molecule has 3 aromatic rings. The maximum atomic E-state index is 12.2. The number of para-hydroxylation sites is 1. The molecular formula is C18H19N3O2S. The lowest BCUT2D eigenvalue weighted by Crippen LogP contribution is -2.21. The molecule has 0 aliphatic heterocycles. The van der Waals surface area contributed by atoms with Gasteiger partial charge in [0.15, 0.2) is 6.61 Å². The molecule has 1 N–H and O–H groups in total. The molecule has 0 aliphatic carbocycles. The van der Waals surface area contributed by atoms with Gasteiger partial charge in [-0.2, -0.15) is 0 Å². The van der Waals surface area contributed by atoms with E-state index in [-0.39, 0.29) is 12.5 Å². The molecule has 0 radical (unpaired) electrons. The average Bonchev–Trinajstić information content (AvgIpc) is 3.09. The highest BCUT2D eigenvalue weighted by molar-refractivity contribution is 7.16. The predicted octanol–water partition coefficient (Wildman–Crippen LogP) is 4.22. The largest absolute Gasteiger partial charge is 0.467 e. The van der Waals surface area contributed by atoms with Crippen LogP contribution in [0.3, 0.4) is 0 Å². The summed E-state index contributed by atoms with van der Waals surface area (Å²) in [5.74, 6) is 0.620. The third-order valence-electron chi connectivity index (χ3n) is 3.94. The fourth-order valence-corrected chi connectivity index (χ4v) is 3.19. The number of carbonyl (C=O) groups excluding carboxylic acids is 1. The van der Waals surface area contributed by atoms with Gasteiger partial charge in [0.25, 0.3) is 5.91 Å². The zero-order chi connectivity index (χ0) is 16.9. The highest BCUT2D eigenvalue weighted by Crippen LogP contribution is 2.27. The number of ether oxygens (including phenoxy) is 1. The summed E-state index contributed by atoms with van der Waals surface area (Å²) in [6, 6.07) is 9.76. The van der Waals surface area contributed by atoms with Gasteiger partial charge in [-0.15, -0.1) is 11.3 Å². The SMILES string of the molecule is CC[C@@H](C)c1ccccc1NC(=O)COc1ncnc2sccc12. The van der Waals surface area contributed by atoms with E-state index in [9.17, 15) is 4.79 Å². The molecule has 0 unspecified atom stereocenters. The topological polar surface area (TPSA) is 64.1 Å². The van der Waals surface area contributed by atoms with E-state index >= 15 is 0 Å². The molecule has 24 heavy (non-hydrogen) atoms. The third-order valence-corrected chi connectivity index (χ3v) is 4.76. The number of carbonyl (C=O) groups is 1. The number of hydrogen-bond acceptors (Lipinski definition) is 5. The molecule has 0 aliphatic rings. The Morgan fingerprint density at radius 3 is 2.96 bits per heavy atom. The van der Waals surface area contributed by atoms with Crippen molar-refractivity contribution < 1.29 is 9.53 Å². The molecule has 3 rings (SSSR count). The predicted molar refractivity (Wildman–Crippen MR) is 96.7 cm³/mol. The molecular weight excluding hydrogens is 322 g/mol. The summed E-state index contributed by atoms with van der Waals surface area (Å²) in [7, 11) is 0. The Morgan fingerprint density at radius 1 is 1.29 bits per heavy atom. The summed E-state index contributed by atoms with van der Waals surface area (Å²) in [4.78, 5) is 21.4. The number of amides is 1. The Hall–Kier alpha value is -2.47. The molecule has 0 spiro atoms. The number of nitrogens with zero attached hydrogens (tertiary/aromatic N) is 2. The lowest BCUT2D eigenvalue weighted by atomic mass is 9.97. The van der Waals surface area contributed by atoms with E-state index in [1.165, 1.54) is 17.7 Å². The van der Waals surface area contributed by atoms with Crippen LogP contribution in [0.15, 0.2) is 42.0 Å². The van der Waals surface area contributed by atoms with Gasteiger partial charge in [-0.1, -0.05) is 32.0 Å². The first-order valence-electron chi connectivity index (χ1n) is 7.88. The lowest BCUT2D eigenvalue weighted by Gasteiger charge is -2.15. The highest BCUT2D eigenvalue weighted by atomic mass is 32.1. The molecule has 1 atom stereocenters. The van der Waals surface area contributed by atoms with Crippen molar-refractivity contribution in [1.82, 2.24) is 9.97 Å². The van der Waals surface area contributed by atoms with Gasteiger partial charge in [-0.05, 0) is 35.4 Å². The first-order valence-corrected chi connectivity index (χ1v) is 8.76. The van der Waals surface area contributed by atoms with Crippen LogP contribution in [0.4, 0.5) is 5.69 Å². The second kappa shape index (κ2) is 7.40. The minimum atomic E-state index is -0.201. The van der Waals surface area contributed by atoms with E-state index in [2.05, 4.69) is 29.1 Å². The number of benzene rings is 1. The highest BCUT2D eigenvalue weighted by Gasteiger charge is 2.12. The molecule has 2 aromatic heterocycles. The van der Waals surface area contributed by atoms with Crippen LogP contribution in [-0.4, -0.2) is 22.5 Å². The number of aromatic nitrogens is 2. The Kier molecular flexibility index (Phi) is 5.05. The Morgan fingerprint density at radius 2 is 2.12 bits per heavy atom. The quantitative estimate of drug-likeness (QED) is 0.729. The van der Waals surface area contributed by atoms with E-state index in [0.29, 0.717) is 11.8 Å². The number of nitrogens with one attached hydrogen (secondary N) is 1. The number of fused-ring (bicyclic) bond motifs is 1. The summed E-state index contributed by atoms with van der Waals surface area (Å²) in [6.07, 6.45) is 2.46. The first kappa shape index (κ1) is 16.4. The van der Waals surface area contributed by atoms with Crippen molar-refractivity contribution in [3.63, 3.8) is 0 Å².